The highest BCUT2D eigenvalue weighted by molar-refractivity contribution is 6.31. The largest absolute Gasteiger partial charge is 0.497 e. The highest BCUT2D eigenvalue weighted by Gasteiger charge is 2.24. The third kappa shape index (κ3) is 3.02. The van der Waals surface area contributed by atoms with E-state index in [-0.39, 0.29) is 11.6 Å². The summed E-state index contributed by atoms with van der Waals surface area (Å²) in [6, 6.07) is 14.3. The summed E-state index contributed by atoms with van der Waals surface area (Å²) in [5.74, 6) is 0.525. The summed E-state index contributed by atoms with van der Waals surface area (Å²) in [7, 11) is 1.60. The Hall–Kier alpha value is -2.59. The van der Waals surface area contributed by atoms with Crippen molar-refractivity contribution in [3.63, 3.8) is 0 Å². The van der Waals surface area contributed by atoms with Gasteiger partial charge in [-0.05, 0) is 42.0 Å². The van der Waals surface area contributed by atoms with Crippen molar-refractivity contribution in [2.24, 2.45) is 4.99 Å². The maximum Gasteiger partial charge on any atom is 0.363 e. The molecule has 0 unspecified atom stereocenters. The summed E-state index contributed by atoms with van der Waals surface area (Å²) in [6.07, 6.45) is 1.67. The summed E-state index contributed by atoms with van der Waals surface area (Å²) in [4.78, 5) is 16.1. The molecule has 4 nitrogen and oxygen atoms in total. The lowest BCUT2D eigenvalue weighted by molar-refractivity contribution is -0.129. The van der Waals surface area contributed by atoms with Crippen molar-refractivity contribution < 1.29 is 14.3 Å². The third-order valence-corrected chi connectivity index (χ3v) is 3.35. The average Bonchev–Trinajstić information content (AvgIpc) is 2.89. The number of halogens is 1. The topological polar surface area (TPSA) is 47.9 Å². The number of methoxy groups -OCH3 is 1. The van der Waals surface area contributed by atoms with E-state index in [1.54, 1.807) is 37.5 Å². The van der Waals surface area contributed by atoms with E-state index in [1.165, 1.54) is 0 Å². The number of carbonyl (C=O) groups excluding carboxylic acids is 1. The standard InChI is InChI=1S/C17H12ClNO3/c1-21-14-7-5-11(6-8-14)9-15-17(20)22-16(19-15)12-3-2-4-13(18)10-12/h2-10H,1H3. The van der Waals surface area contributed by atoms with Crippen LogP contribution in [-0.2, 0) is 9.53 Å². The molecule has 0 saturated carbocycles. The van der Waals surface area contributed by atoms with Crippen LogP contribution in [0.4, 0.5) is 0 Å². The van der Waals surface area contributed by atoms with Gasteiger partial charge in [-0.2, -0.15) is 0 Å². The van der Waals surface area contributed by atoms with Gasteiger partial charge in [0, 0.05) is 10.6 Å². The zero-order chi connectivity index (χ0) is 15.5. The number of nitrogens with zero attached hydrogens (tertiary/aromatic N) is 1. The average molecular weight is 314 g/mol. The van der Waals surface area contributed by atoms with Gasteiger partial charge in [0.25, 0.3) is 0 Å². The van der Waals surface area contributed by atoms with Crippen LogP contribution in [0.25, 0.3) is 6.08 Å². The fraction of sp³-hybridized carbons (Fsp3) is 0.0588. The van der Waals surface area contributed by atoms with Gasteiger partial charge >= 0.3 is 5.97 Å². The number of benzene rings is 2. The van der Waals surface area contributed by atoms with E-state index >= 15 is 0 Å². The van der Waals surface area contributed by atoms with Gasteiger partial charge in [-0.3, -0.25) is 0 Å². The molecule has 0 fully saturated rings. The van der Waals surface area contributed by atoms with E-state index in [1.807, 2.05) is 24.3 Å². The molecular weight excluding hydrogens is 302 g/mol. The Balaban J connectivity index is 1.90. The van der Waals surface area contributed by atoms with Crippen LogP contribution in [0.1, 0.15) is 11.1 Å². The lowest BCUT2D eigenvalue weighted by Gasteiger charge is -1.99. The molecule has 0 radical (unpaired) electrons. The number of esters is 1. The van der Waals surface area contributed by atoms with E-state index < -0.39 is 5.97 Å². The Morgan fingerprint density at radius 2 is 1.95 bits per heavy atom. The SMILES string of the molecule is COc1ccc(C=C2N=C(c3cccc(Cl)c3)OC2=O)cc1. The van der Waals surface area contributed by atoms with Gasteiger partial charge in [0.05, 0.1) is 7.11 Å². The summed E-state index contributed by atoms with van der Waals surface area (Å²) in [5, 5.41) is 0.559. The molecule has 2 aromatic carbocycles. The lowest BCUT2D eigenvalue weighted by Crippen LogP contribution is -2.05. The van der Waals surface area contributed by atoms with Crippen molar-refractivity contribution in [3.05, 3.63) is 70.4 Å². The maximum atomic E-state index is 11.9. The van der Waals surface area contributed by atoms with Gasteiger partial charge in [-0.15, -0.1) is 0 Å². The Morgan fingerprint density at radius 1 is 1.18 bits per heavy atom. The predicted molar refractivity (Wildman–Crippen MR) is 85.1 cm³/mol. The van der Waals surface area contributed by atoms with Gasteiger partial charge in [-0.25, -0.2) is 9.79 Å². The van der Waals surface area contributed by atoms with Crippen LogP contribution < -0.4 is 4.74 Å². The molecule has 0 amide bonds. The number of cyclic esters (lactones) is 1. The lowest BCUT2D eigenvalue weighted by atomic mass is 10.2. The molecule has 0 bridgehead atoms. The van der Waals surface area contributed by atoms with Crippen molar-refractivity contribution >= 4 is 29.5 Å². The first-order valence-corrected chi connectivity index (χ1v) is 6.96. The van der Waals surface area contributed by atoms with Gasteiger partial charge in [0.2, 0.25) is 5.90 Å². The van der Waals surface area contributed by atoms with E-state index in [0.717, 1.165) is 11.3 Å². The molecule has 1 heterocycles. The van der Waals surface area contributed by atoms with Gasteiger partial charge < -0.3 is 9.47 Å². The fourth-order valence-electron chi connectivity index (χ4n) is 2.01. The van der Waals surface area contributed by atoms with Crippen LogP contribution >= 0.6 is 11.6 Å². The minimum absolute atomic E-state index is 0.250. The van der Waals surface area contributed by atoms with Crippen LogP contribution in [0.2, 0.25) is 5.02 Å². The van der Waals surface area contributed by atoms with Crippen LogP contribution in [-0.4, -0.2) is 19.0 Å². The molecule has 3 rings (SSSR count). The monoisotopic (exact) mass is 313 g/mol. The summed E-state index contributed by atoms with van der Waals surface area (Å²) >= 11 is 5.93. The van der Waals surface area contributed by atoms with Crippen LogP contribution in [0, 0.1) is 0 Å². The number of hydrogen-bond donors (Lipinski definition) is 0. The highest BCUT2D eigenvalue weighted by atomic mass is 35.5. The first kappa shape index (κ1) is 14.4. The quantitative estimate of drug-likeness (QED) is 0.641. The molecular formula is C17H12ClNO3. The number of rotatable bonds is 3. The highest BCUT2D eigenvalue weighted by Crippen LogP contribution is 2.21. The molecule has 22 heavy (non-hydrogen) atoms. The van der Waals surface area contributed by atoms with Gasteiger partial charge in [0.15, 0.2) is 5.70 Å². The van der Waals surface area contributed by atoms with Crippen LogP contribution in [0.3, 0.4) is 0 Å². The van der Waals surface area contributed by atoms with E-state index in [9.17, 15) is 4.79 Å². The number of hydrogen-bond acceptors (Lipinski definition) is 4. The summed E-state index contributed by atoms with van der Waals surface area (Å²) in [6.45, 7) is 0. The predicted octanol–water partition coefficient (Wildman–Crippen LogP) is 3.69. The Labute approximate surface area is 132 Å². The van der Waals surface area contributed by atoms with E-state index in [4.69, 9.17) is 21.1 Å². The van der Waals surface area contributed by atoms with Crippen molar-refractivity contribution in [1.82, 2.24) is 0 Å². The zero-order valence-corrected chi connectivity index (χ0v) is 12.5. The molecule has 5 heteroatoms. The van der Waals surface area contributed by atoms with Crippen LogP contribution in [0.15, 0.2) is 59.2 Å². The Morgan fingerprint density at radius 3 is 2.64 bits per heavy atom. The van der Waals surface area contributed by atoms with Crippen molar-refractivity contribution in [2.45, 2.75) is 0 Å². The molecule has 0 N–H and O–H groups in total. The van der Waals surface area contributed by atoms with Crippen molar-refractivity contribution in [2.75, 3.05) is 7.11 Å². The molecule has 0 aliphatic carbocycles. The first-order chi connectivity index (χ1) is 10.7. The Bertz CT molecular complexity index is 779. The van der Waals surface area contributed by atoms with E-state index in [0.29, 0.717) is 10.6 Å². The first-order valence-electron chi connectivity index (χ1n) is 6.58. The molecule has 110 valence electrons. The molecule has 0 saturated heterocycles. The van der Waals surface area contributed by atoms with Crippen molar-refractivity contribution in [3.8, 4) is 5.75 Å². The summed E-state index contributed by atoms with van der Waals surface area (Å²) in [5.41, 5.74) is 1.75. The second-order valence-corrected chi connectivity index (χ2v) is 5.06. The maximum absolute atomic E-state index is 11.9. The molecule has 1 aliphatic heterocycles. The number of ether oxygens (including phenoxy) is 2. The molecule has 1 aliphatic rings. The molecule has 0 spiro atoms. The number of aliphatic imine (C=N–C) groups is 1. The minimum Gasteiger partial charge on any atom is -0.497 e. The number of carbonyl (C=O) groups is 1. The molecule has 0 aromatic heterocycles. The third-order valence-electron chi connectivity index (χ3n) is 3.11. The van der Waals surface area contributed by atoms with Crippen molar-refractivity contribution in [1.29, 1.82) is 0 Å². The molecule has 0 atom stereocenters. The zero-order valence-electron chi connectivity index (χ0n) is 11.7. The second kappa shape index (κ2) is 6.03. The normalized spacial score (nSPS) is 15.6. The summed E-state index contributed by atoms with van der Waals surface area (Å²) < 4.78 is 10.3. The van der Waals surface area contributed by atoms with Gasteiger partial charge in [-0.1, -0.05) is 29.8 Å². The van der Waals surface area contributed by atoms with E-state index in [2.05, 4.69) is 4.99 Å². The minimum atomic E-state index is -0.481. The molecule has 2 aromatic rings. The van der Waals surface area contributed by atoms with Gasteiger partial charge in [0.1, 0.15) is 5.75 Å². The Kier molecular flexibility index (Phi) is 3.94. The smallest absolute Gasteiger partial charge is 0.363 e. The second-order valence-electron chi connectivity index (χ2n) is 4.62. The fourth-order valence-corrected chi connectivity index (χ4v) is 2.20. The van der Waals surface area contributed by atoms with Crippen LogP contribution in [0.5, 0.6) is 5.75 Å².